The lowest BCUT2D eigenvalue weighted by Crippen LogP contribution is -2.43. The largest absolute Gasteiger partial charge is 0.417 e. The van der Waals surface area contributed by atoms with E-state index in [4.69, 9.17) is 0 Å². The maximum Gasteiger partial charge on any atom is 0.417 e. The molecule has 3 rings (SSSR count). The van der Waals surface area contributed by atoms with Crippen molar-refractivity contribution >= 4 is 5.91 Å². The van der Waals surface area contributed by atoms with E-state index in [1.165, 1.54) is 23.4 Å². The molecule has 1 fully saturated rings. The molecule has 2 aromatic heterocycles. The number of halogens is 3. The number of nitrogens with zero attached hydrogens (tertiary/aromatic N) is 3. The van der Waals surface area contributed by atoms with Gasteiger partial charge in [0.2, 0.25) is 0 Å². The number of rotatable bonds is 3. The smallest absolute Gasteiger partial charge is 0.349 e. The van der Waals surface area contributed by atoms with Crippen LogP contribution in [0, 0.1) is 18.8 Å². The van der Waals surface area contributed by atoms with E-state index in [1.54, 1.807) is 6.92 Å². The third-order valence-electron chi connectivity index (χ3n) is 5.57. The maximum atomic E-state index is 12.7. The predicted octanol–water partition coefficient (Wildman–Crippen LogP) is 4.15. The first-order chi connectivity index (χ1) is 12.7. The second kappa shape index (κ2) is 7.32. The van der Waals surface area contributed by atoms with Gasteiger partial charge in [0, 0.05) is 12.2 Å². The number of aromatic nitrogens is 3. The second-order valence-corrected chi connectivity index (χ2v) is 7.31. The Labute approximate surface area is 156 Å². The van der Waals surface area contributed by atoms with Crippen molar-refractivity contribution < 1.29 is 18.0 Å². The lowest BCUT2D eigenvalue weighted by molar-refractivity contribution is -0.137. The van der Waals surface area contributed by atoms with Crippen LogP contribution in [0.3, 0.4) is 0 Å². The Hall–Kier alpha value is -2.38. The number of hydrogen-bond donors (Lipinski definition) is 1. The van der Waals surface area contributed by atoms with Gasteiger partial charge in [0.05, 0.1) is 23.0 Å². The third kappa shape index (κ3) is 3.99. The van der Waals surface area contributed by atoms with Crippen LogP contribution in [0.5, 0.6) is 0 Å². The van der Waals surface area contributed by atoms with Crippen molar-refractivity contribution in [3.05, 3.63) is 41.3 Å². The molecule has 0 radical (unpaired) electrons. The highest BCUT2D eigenvalue weighted by Gasteiger charge is 2.31. The van der Waals surface area contributed by atoms with Crippen LogP contribution < -0.4 is 5.32 Å². The SMILES string of the molecule is Cc1c(C(=O)NC2CCCC(C)C2C)cnn1-c1ccc(C(F)(F)F)cn1. The first-order valence-corrected chi connectivity index (χ1v) is 9.07. The Morgan fingerprint density at radius 2 is 1.96 bits per heavy atom. The van der Waals surface area contributed by atoms with Crippen molar-refractivity contribution in [2.24, 2.45) is 11.8 Å². The van der Waals surface area contributed by atoms with Crippen molar-refractivity contribution in [1.82, 2.24) is 20.1 Å². The van der Waals surface area contributed by atoms with Crippen LogP contribution >= 0.6 is 0 Å². The van der Waals surface area contributed by atoms with E-state index < -0.39 is 11.7 Å². The van der Waals surface area contributed by atoms with Gasteiger partial charge in [-0.1, -0.05) is 26.7 Å². The van der Waals surface area contributed by atoms with E-state index in [9.17, 15) is 18.0 Å². The van der Waals surface area contributed by atoms with Gasteiger partial charge < -0.3 is 5.32 Å². The van der Waals surface area contributed by atoms with Gasteiger partial charge in [-0.05, 0) is 37.3 Å². The average molecular weight is 380 g/mol. The summed E-state index contributed by atoms with van der Waals surface area (Å²) in [5.41, 5.74) is 0.118. The predicted molar refractivity (Wildman–Crippen MR) is 94.5 cm³/mol. The van der Waals surface area contributed by atoms with Crippen molar-refractivity contribution in [2.45, 2.75) is 52.3 Å². The highest BCUT2D eigenvalue weighted by molar-refractivity contribution is 5.95. The zero-order chi connectivity index (χ0) is 19.8. The summed E-state index contributed by atoms with van der Waals surface area (Å²) < 4.78 is 39.4. The molecule has 2 aromatic rings. The zero-order valence-corrected chi connectivity index (χ0v) is 15.5. The molecule has 5 nitrogen and oxygen atoms in total. The Kier molecular flexibility index (Phi) is 5.26. The molecule has 1 N–H and O–H groups in total. The van der Waals surface area contributed by atoms with E-state index in [1.807, 2.05) is 0 Å². The zero-order valence-electron chi connectivity index (χ0n) is 15.5. The Morgan fingerprint density at radius 1 is 1.22 bits per heavy atom. The maximum absolute atomic E-state index is 12.7. The van der Waals surface area contributed by atoms with Gasteiger partial charge in [0.25, 0.3) is 5.91 Å². The molecule has 3 atom stereocenters. The average Bonchev–Trinajstić information content (AvgIpc) is 3.00. The summed E-state index contributed by atoms with van der Waals surface area (Å²) >= 11 is 0. The van der Waals surface area contributed by atoms with Crippen LogP contribution in [-0.2, 0) is 6.18 Å². The van der Waals surface area contributed by atoms with Gasteiger partial charge in [-0.2, -0.15) is 18.3 Å². The van der Waals surface area contributed by atoms with Crippen LogP contribution in [0.25, 0.3) is 5.82 Å². The molecule has 1 aliphatic rings. The molecule has 0 aliphatic heterocycles. The molecular weight excluding hydrogens is 357 g/mol. The molecule has 0 spiro atoms. The van der Waals surface area contributed by atoms with Crippen LogP contribution in [-0.4, -0.2) is 26.7 Å². The normalized spacial score (nSPS) is 23.3. The molecule has 8 heteroatoms. The molecule has 2 heterocycles. The van der Waals surface area contributed by atoms with Crippen LogP contribution in [0.1, 0.15) is 54.7 Å². The van der Waals surface area contributed by atoms with Crippen molar-refractivity contribution in [3.8, 4) is 5.82 Å². The molecule has 0 bridgehead atoms. The topological polar surface area (TPSA) is 59.8 Å². The van der Waals surface area contributed by atoms with E-state index in [-0.39, 0.29) is 17.8 Å². The molecule has 1 saturated carbocycles. The quantitative estimate of drug-likeness (QED) is 0.870. The number of carbonyl (C=O) groups is 1. The molecule has 1 aliphatic carbocycles. The van der Waals surface area contributed by atoms with Crippen LogP contribution in [0.15, 0.2) is 24.5 Å². The van der Waals surface area contributed by atoms with Gasteiger partial charge in [-0.3, -0.25) is 4.79 Å². The van der Waals surface area contributed by atoms with Gasteiger partial charge in [-0.15, -0.1) is 0 Å². The van der Waals surface area contributed by atoms with Crippen LogP contribution in [0.2, 0.25) is 0 Å². The molecule has 3 unspecified atom stereocenters. The first-order valence-electron chi connectivity index (χ1n) is 9.07. The Balaban J connectivity index is 1.77. The minimum absolute atomic E-state index is 0.119. The lowest BCUT2D eigenvalue weighted by atomic mass is 9.78. The number of pyridine rings is 1. The van der Waals surface area contributed by atoms with Crippen LogP contribution in [0.4, 0.5) is 13.2 Å². The summed E-state index contributed by atoms with van der Waals surface area (Å²) in [6, 6.07) is 2.32. The molecule has 146 valence electrons. The summed E-state index contributed by atoms with van der Waals surface area (Å²) in [5, 5.41) is 7.23. The molecular formula is C19H23F3N4O. The minimum atomic E-state index is -4.44. The minimum Gasteiger partial charge on any atom is -0.349 e. The number of amides is 1. The van der Waals surface area contributed by atoms with E-state index in [0.29, 0.717) is 23.1 Å². The Bertz CT molecular complexity index is 813. The van der Waals surface area contributed by atoms with Gasteiger partial charge >= 0.3 is 6.18 Å². The molecule has 27 heavy (non-hydrogen) atoms. The highest BCUT2D eigenvalue weighted by atomic mass is 19.4. The fourth-order valence-corrected chi connectivity index (χ4v) is 3.57. The fourth-order valence-electron chi connectivity index (χ4n) is 3.57. The van der Waals surface area contributed by atoms with Crippen molar-refractivity contribution in [2.75, 3.05) is 0 Å². The first kappa shape index (κ1) is 19.4. The summed E-state index contributed by atoms with van der Waals surface area (Å²) in [4.78, 5) is 16.5. The number of alkyl halides is 3. The molecule has 0 aromatic carbocycles. The van der Waals surface area contributed by atoms with E-state index in [0.717, 1.165) is 25.1 Å². The summed E-state index contributed by atoms with van der Waals surface area (Å²) in [7, 11) is 0. The van der Waals surface area contributed by atoms with Crippen molar-refractivity contribution in [1.29, 1.82) is 0 Å². The third-order valence-corrected chi connectivity index (χ3v) is 5.57. The molecule has 0 saturated heterocycles. The van der Waals surface area contributed by atoms with E-state index in [2.05, 4.69) is 29.2 Å². The number of nitrogens with one attached hydrogen (secondary N) is 1. The second-order valence-electron chi connectivity index (χ2n) is 7.31. The van der Waals surface area contributed by atoms with Gasteiger partial charge in [0.1, 0.15) is 0 Å². The molecule has 1 amide bonds. The number of carbonyl (C=O) groups excluding carboxylic acids is 1. The summed E-state index contributed by atoms with van der Waals surface area (Å²) in [6.07, 6.45) is 0.963. The van der Waals surface area contributed by atoms with Crippen molar-refractivity contribution in [3.63, 3.8) is 0 Å². The van der Waals surface area contributed by atoms with E-state index >= 15 is 0 Å². The Morgan fingerprint density at radius 3 is 2.59 bits per heavy atom. The fraction of sp³-hybridized carbons (Fsp3) is 0.526. The summed E-state index contributed by atoms with van der Waals surface area (Å²) in [6.45, 7) is 6.05. The monoisotopic (exact) mass is 380 g/mol. The standard InChI is InChI=1S/C19H23F3N4O/c1-11-5-4-6-16(12(11)2)25-18(27)15-10-24-26(13(15)3)17-8-7-14(9-23-17)19(20,21)22/h7-12,16H,4-6H2,1-3H3,(H,25,27). The lowest BCUT2D eigenvalue weighted by Gasteiger charge is -2.34. The number of hydrogen-bond acceptors (Lipinski definition) is 3. The summed E-state index contributed by atoms with van der Waals surface area (Å²) in [5.74, 6) is 0.981. The van der Waals surface area contributed by atoms with Gasteiger partial charge in [0.15, 0.2) is 5.82 Å². The van der Waals surface area contributed by atoms with Gasteiger partial charge in [-0.25, -0.2) is 9.67 Å². The highest BCUT2D eigenvalue weighted by Crippen LogP contribution is 2.30.